The summed E-state index contributed by atoms with van der Waals surface area (Å²) in [7, 11) is 0. The number of para-hydroxylation sites is 1. The molecule has 1 amide bonds. The molecule has 1 saturated carbocycles. The first-order valence-electron chi connectivity index (χ1n) is 9.24. The molecule has 5 heteroatoms. The molecular weight excluding hydrogens is 316 g/mol. The van der Waals surface area contributed by atoms with Gasteiger partial charge in [-0.1, -0.05) is 25.1 Å². The number of nitrogens with one attached hydrogen (secondary N) is 2. The third-order valence-corrected chi connectivity index (χ3v) is 5.06. The zero-order valence-electron chi connectivity index (χ0n) is 15.7. The molecule has 1 heterocycles. The highest BCUT2D eigenvalue weighted by Gasteiger charge is 2.40. The van der Waals surface area contributed by atoms with Crippen LogP contribution in [0.25, 0.3) is 0 Å². The van der Waals surface area contributed by atoms with Crippen molar-refractivity contribution in [2.24, 2.45) is 5.92 Å². The standard InChI is InChI=1S/C20H30N2O3/c1-14-12-24-16-9-6-5-8-15(16)17(14)21-13-20(10-7-11-20)22-18(23)25-19(2,3)4/h5-6,8-9,14,17,21H,7,10-13H2,1-4H3,(H,22,23). The van der Waals surface area contributed by atoms with Gasteiger partial charge in [0, 0.05) is 24.1 Å². The van der Waals surface area contributed by atoms with Crippen molar-refractivity contribution in [3.8, 4) is 5.75 Å². The molecule has 1 aliphatic heterocycles. The lowest BCUT2D eigenvalue weighted by Crippen LogP contribution is -2.60. The monoisotopic (exact) mass is 346 g/mol. The van der Waals surface area contributed by atoms with E-state index in [2.05, 4.69) is 23.6 Å². The Morgan fingerprint density at radius 2 is 2.04 bits per heavy atom. The minimum absolute atomic E-state index is 0.199. The van der Waals surface area contributed by atoms with Crippen molar-refractivity contribution in [2.75, 3.05) is 13.2 Å². The Labute approximate surface area is 150 Å². The first kappa shape index (κ1) is 18.1. The number of hydrogen-bond donors (Lipinski definition) is 2. The van der Waals surface area contributed by atoms with E-state index in [1.807, 2.05) is 39.0 Å². The van der Waals surface area contributed by atoms with E-state index in [1.54, 1.807) is 0 Å². The minimum atomic E-state index is -0.476. The third kappa shape index (κ3) is 4.27. The summed E-state index contributed by atoms with van der Waals surface area (Å²) < 4.78 is 11.3. The van der Waals surface area contributed by atoms with Gasteiger partial charge in [0.1, 0.15) is 11.4 Å². The van der Waals surface area contributed by atoms with Crippen LogP contribution in [-0.4, -0.2) is 30.4 Å². The van der Waals surface area contributed by atoms with Crippen LogP contribution in [0.2, 0.25) is 0 Å². The van der Waals surface area contributed by atoms with Gasteiger partial charge in [-0.15, -0.1) is 0 Å². The summed E-state index contributed by atoms with van der Waals surface area (Å²) in [6.07, 6.45) is 2.78. The van der Waals surface area contributed by atoms with Gasteiger partial charge in [0.25, 0.3) is 0 Å². The van der Waals surface area contributed by atoms with Crippen molar-refractivity contribution in [1.29, 1.82) is 0 Å². The molecule has 1 aliphatic carbocycles. The predicted octanol–water partition coefficient (Wildman–Crippen LogP) is 3.79. The molecule has 2 aliphatic rings. The number of ether oxygens (including phenoxy) is 2. The van der Waals surface area contributed by atoms with E-state index >= 15 is 0 Å². The topological polar surface area (TPSA) is 59.6 Å². The van der Waals surface area contributed by atoms with Crippen LogP contribution in [0, 0.1) is 5.92 Å². The van der Waals surface area contributed by atoms with Crippen LogP contribution in [0.1, 0.15) is 58.6 Å². The molecule has 1 aromatic carbocycles. The number of hydrogen-bond acceptors (Lipinski definition) is 4. The number of carbonyl (C=O) groups excluding carboxylic acids is 1. The number of alkyl carbamates (subject to hydrolysis) is 1. The van der Waals surface area contributed by atoms with E-state index in [4.69, 9.17) is 9.47 Å². The van der Waals surface area contributed by atoms with Crippen molar-refractivity contribution >= 4 is 6.09 Å². The van der Waals surface area contributed by atoms with Crippen molar-refractivity contribution in [2.45, 2.75) is 64.1 Å². The number of benzene rings is 1. The van der Waals surface area contributed by atoms with Crippen molar-refractivity contribution in [1.82, 2.24) is 10.6 Å². The highest BCUT2D eigenvalue weighted by molar-refractivity contribution is 5.69. The predicted molar refractivity (Wildman–Crippen MR) is 97.8 cm³/mol. The molecule has 0 bridgehead atoms. The molecule has 25 heavy (non-hydrogen) atoms. The molecule has 0 saturated heterocycles. The quantitative estimate of drug-likeness (QED) is 0.871. The third-order valence-electron chi connectivity index (χ3n) is 5.06. The Bertz CT molecular complexity index is 620. The minimum Gasteiger partial charge on any atom is -0.493 e. The number of amides is 1. The molecular formula is C20H30N2O3. The Balaban J connectivity index is 1.64. The van der Waals surface area contributed by atoms with Crippen LogP contribution in [0.4, 0.5) is 4.79 Å². The summed E-state index contributed by atoms with van der Waals surface area (Å²) in [4.78, 5) is 12.2. The molecule has 3 rings (SSSR count). The normalized spacial score (nSPS) is 24.5. The summed E-state index contributed by atoms with van der Waals surface area (Å²) in [6.45, 7) is 9.32. The van der Waals surface area contributed by atoms with Crippen LogP contribution in [0.3, 0.4) is 0 Å². The first-order valence-corrected chi connectivity index (χ1v) is 9.24. The second-order valence-electron chi connectivity index (χ2n) is 8.45. The molecule has 5 nitrogen and oxygen atoms in total. The van der Waals surface area contributed by atoms with Crippen LogP contribution in [0.5, 0.6) is 5.75 Å². The molecule has 2 unspecified atom stereocenters. The lowest BCUT2D eigenvalue weighted by atomic mass is 9.76. The summed E-state index contributed by atoms with van der Waals surface area (Å²) in [5.41, 5.74) is 0.527. The molecule has 2 atom stereocenters. The maximum Gasteiger partial charge on any atom is 0.408 e. The maximum absolute atomic E-state index is 12.2. The summed E-state index contributed by atoms with van der Waals surface area (Å²) in [5, 5.41) is 6.80. The van der Waals surface area contributed by atoms with E-state index in [1.165, 1.54) is 5.56 Å². The van der Waals surface area contributed by atoms with Gasteiger partial charge in [0.15, 0.2) is 0 Å². The zero-order chi connectivity index (χ0) is 18.1. The van der Waals surface area contributed by atoms with Gasteiger partial charge < -0.3 is 20.1 Å². The van der Waals surface area contributed by atoms with Gasteiger partial charge in [-0.05, 0) is 46.1 Å². The lowest BCUT2D eigenvalue weighted by Gasteiger charge is -2.44. The van der Waals surface area contributed by atoms with E-state index in [0.29, 0.717) is 12.5 Å². The molecule has 0 aromatic heterocycles. The molecule has 0 spiro atoms. The van der Waals surface area contributed by atoms with Crippen LogP contribution in [-0.2, 0) is 4.74 Å². The van der Waals surface area contributed by atoms with E-state index < -0.39 is 5.60 Å². The van der Waals surface area contributed by atoms with Crippen LogP contribution in [0.15, 0.2) is 24.3 Å². The smallest absolute Gasteiger partial charge is 0.408 e. The van der Waals surface area contributed by atoms with Crippen LogP contribution < -0.4 is 15.4 Å². The highest BCUT2D eigenvalue weighted by atomic mass is 16.6. The van der Waals surface area contributed by atoms with E-state index in [0.717, 1.165) is 31.6 Å². The Morgan fingerprint density at radius 3 is 2.68 bits per heavy atom. The molecule has 1 fully saturated rings. The van der Waals surface area contributed by atoms with Crippen LogP contribution >= 0.6 is 0 Å². The Hall–Kier alpha value is -1.75. The highest BCUT2D eigenvalue weighted by Crippen LogP contribution is 2.37. The fourth-order valence-electron chi connectivity index (χ4n) is 3.58. The van der Waals surface area contributed by atoms with E-state index in [-0.39, 0.29) is 17.7 Å². The molecule has 1 aromatic rings. The number of fused-ring (bicyclic) bond motifs is 1. The lowest BCUT2D eigenvalue weighted by molar-refractivity contribution is 0.0372. The second kappa shape index (κ2) is 6.87. The van der Waals surface area contributed by atoms with Crippen molar-refractivity contribution < 1.29 is 14.3 Å². The van der Waals surface area contributed by atoms with Gasteiger partial charge in [-0.3, -0.25) is 0 Å². The SMILES string of the molecule is CC1COc2ccccc2C1NCC1(NC(=O)OC(C)(C)C)CCC1. The average molecular weight is 346 g/mol. The zero-order valence-corrected chi connectivity index (χ0v) is 15.7. The summed E-state index contributed by atoms with van der Waals surface area (Å²) >= 11 is 0. The Morgan fingerprint density at radius 1 is 1.32 bits per heavy atom. The van der Waals surface area contributed by atoms with Crippen molar-refractivity contribution in [3.63, 3.8) is 0 Å². The van der Waals surface area contributed by atoms with Gasteiger partial charge >= 0.3 is 6.09 Å². The second-order valence-corrected chi connectivity index (χ2v) is 8.45. The van der Waals surface area contributed by atoms with Gasteiger partial charge in [-0.2, -0.15) is 0 Å². The fourth-order valence-corrected chi connectivity index (χ4v) is 3.58. The Kier molecular flexibility index (Phi) is 4.96. The largest absolute Gasteiger partial charge is 0.493 e. The average Bonchev–Trinajstić information content (AvgIpc) is 2.49. The molecule has 2 N–H and O–H groups in total. The van der Waals surface area contributed by atoms with Crippen molar-refractivity contribution in [3.05, 3.63) is 29.8 Å². The van der Waals surface area contributed by atoms with Gasteiger partial charge in [-0.25, -0.2) is 4.79 Å². The molecule has 138 valence electrons. The summed E-state index contributed by atoms with van der Waals surface area (Å²) in [5.74, 6) is 1.34. The molecule has 0 radical (unpaired) electrons. The number of carbonyl (C=O) groups is 1. The number of rotatable bonds is 4. The van der Waals surface area contributed by atoms with Gasteiger partial charge in [0.05, 0.1) is 12.1 Å². The van der Waals surface area contributed by atoms with E-state index in [9.17, 15) is 4.79 Å². The maximum atomic E-state index is 12.2. The first-order chi connectivity index (χ1) is 11.8. The van der Waals surface area contributed by atoms with Gasteiger partial charge in [0.2, 0.25) is 0 Å². The fraction of sp³-hybridized carbons (Fsp3) is 0.650. The summed E-state index contributed by atoms with van der Waals surface area (Å²) in [6, 6.07) is 8.43.